The van der Waals surface area contributed by atoms with E-state index in [4.69, 9.17) is 5.73 Å². The summed E-state index contributed by atoms with van der Waals surface area (Å²) in [5, 5.41) is 7.15. The Balaban J connectivity index is 1.62. The number of hydrogen-bond acceptors (Lipinski definition) is 3. The Morgan fingerprint density at radius 2 is 2.25 bits per heavy atom. The van der Waals surface area contributed by atoms with E-state index >= 15 is 0 Å². The van der Waals surface area contributed by atoms with Crippen molar-refractivity contribution in [3.63, 3.8) is 0 Å². The zero-order valence-electron chi connectivity index (χ0n) is 11.2. The summed E-state index contributed by atoms with van der Waals surface area (Å²) >= 11 is 0. The van der Waals surface area contributed by atoms with Crippen LogP contribution < -0.4 is 11.1 Å². The standard InChI is InChI=1S/C15H18N4O/c16-14-3-1-2-12(6-14)13-8-18-19(9-13)10-15(20)17-7-11-4-5-11/h1-3,6,8-9,11H,4-5,7,10,16H2,(H,17,20). The average molecular weight is 270 g/mol. The van der Waals surface area contributed by atoms with Crippen molar-refractivity contribution in [3.05, 3.63) is 36.7 Å². The van der Waals surface area contributed by atoms with Crippen LogP contribution in [0.25, 0.3) is 11.1 Å². The maximum absolute atomic E-state index is 11.8. The Morgan fingerprint density at radius 1 is 1.40 bits per heavy atom. The minimum Gasteiger partial charge on any atom is -0.399 e. The third-order valence-corrected chi connectivity index (χ3v) is 3.44. The highest BCUT2D eigenvalue weighted by Gasteiger charge is 2.21. The number of anilines is 1. The summed E-state index contributed by atoms with van der Waals surface area (Å²) in [7, 11) is 0. The number of nitrogens with one attached hydrogen (secondary N) is 1. The molecular formula is C15H18N4O. The fourth-order valence-corrected chi connectivity index (χ4v) is 2.10. The van der Waals surface area contributed by atoms with Crippen LogP contribution in [0.15, 0.2) is 36.7 Å². The number of benzene rings is 1. The number of nitrogens with zero attached hydrogens (tertiary/aromatic N) is 2. The molecule has 1 aromatic heterocycles. The van der Waals surface area contributed by atoms with Crippen molar-refractivity contribution < 1.29 is 4.79 Å². The van der Waals surface area contributed by atoms with Gasteiger partial charge in [-0.1, -0.05) is 12.1 Å². The highest BCUT2D eigenvalue weighted by atomic mass is 16.2. The molecule has 0 unspecified atom stereocenters. The number of nitrogen functional groups attached to an aromatic ring is 1. The predicted molar refractivity (Wildman–Crippen MR) is 77.8 cm³/mol. The van der Waals surface area contributed by atoms with Crippen molar-refractivity contribution in [2.45, 2.75) is 19.4 Å². The summed E-state index contributed by atoms with van der Waals surface area (Å²) in [6.45, 7) is 1.05. The van der Waals surface area contributed by atoms with Crippen LogP contribution in [0.5, 0.6) is 0 Å². The lowest BCUT2D eigenvalue weighted by atomic mass is 10.1. The largest absolute Gasteiger partial charge is 0.399 e. The van der Waals surface area contributed by atoms with Gasteiger partial charge in [0, 0.05) is 24.0 Å². The molecule has 1 aromatic carbocycles. The molecule has 1 fully saturated rings. The molecule has 0 atom stereocenters. The summed E-state index contributed by atoms with van der Waals surface area (Å²) in [6.07, 6.45) is 6.09. The van der Waals surface area contributed by atoms with Crippen LogP contribution in [0, 0.1) is 5.92 Å². The third-order valence-electron chi connectivity index (χ3n) is 3.44. The molecule has 5 nitrogen and oxygen atoms in total. The van der Waals surface area contributed by atoms with Gasteiger partial charge in [-0.3, -0.25) is 9.48 Å². The predicted octanol–water partition coefficient (Wildman–Crippen LogP) is 1.66. The quantitative estimate of drug-likeness (QED) is 0.811. The topological polar surface area (TPSA) is 72.9 Å². The van der Waals surface area contributed by atoms with Crippen molar-refractivity contribution in [1.29, 1.82) is 0 Å². The van der Waals surface area contributed by atoms with E-state index < -0.39 is 0 Å². The maximum atomic E-state index is 11.8. The third kappa shape index (κ3) is 3.17. The Labute approximate surface area is 117 Å². The Hall–Kier alpha value is -2.30. The van der Waals surface area contributed by atoms with Gasteiger partial charge in [0.05, 0.1) is 6.20 Å². The van der Waals surface area contributed by atoms with Gasteiger partial charge in [-0.25, -0.2) is 0 Å². The van der Waals surface area contributed by atoms with Gasteiger partial charge in [0.2, 0.25) is 5.91 Å². The smallest absolute Gasteiger partial charge is 0.241 e. The molecule has 0 aliphatic heterocycles. The highest BCUT2D eigenvalue weighted by molar-refractivity contribution is 5.76. The van der Waals surface area contributed by atoms with Gasteiger partial charge in [0.25, 0.3) is 0 Å². The first kappa shape index (κ1) is 12.7. The van der Waals surface area contributed by atoms with E-state index in [0.29, 0.717) is 5.92 Å². The Morgan fingerprint density at radius 3 is 3.00 bits per heavy atom. The number of rotatable bonds is 5. The van der Waals surface area contributed by atoms with Gasteiger partial charge < -0.3 is 11.1 Å². The van der Waals surface area contributed by atoms with E-state index in [9.17, 15) is 4.79 Å². The average Bonchev–Trinajstić information content (AvgIpc) is 3.15. The number of hydrogen-bond donors (Lipinski definition) is 2. The molecule has 1 heterocycles. The van der Waals surface area contributed by atoms with Crippen LogP contribution in [0.2, 0.25) is 0 Å². The van der Waals surface area contributed by atoms with E-state index in [1.54, 1.807) is 10.9 Å². The second-order valence-electron chi connectivity index (χ2n) is 5.30. The lowest BCUT2D eigenvalue weighted by molar-refractivity contribution is -0.121. The van der Waals surface area contributed by atoms with Crippen molar-refractivity contribution >= 4 is 11.6 Å². The molecule has 2 aromatic rings. The zero-order valence-corrected chi connectivity index (χ0v) is 11.2. The minimum atomic E-state index is 0.0131. The number of carbonyl (C=O) groups is 1. The van der Waals surface area contributed by atoms with E-state index in [-0.39, 0.29) is 12.5 Å². The molecule has 1 saturated carbocycles. The molecule has 1 aliphatic carbocycles. The van der Waals surface area contributed by atoms with Crippen LogP contribution in [0.3, 0.4) is 0 Å². The molecule has 1 amide bonds. The van der Waals surface area contributed by atoms with Crippen molar-refractivity contribution in [2.24, 2.45) is 5.92 Å². The van der Waals surface area contributed by atoms with Crippen LogP contribution in [-0.2, 0) is 11.3 Å². The molecule has 0 bridgehead atoms. The van der Waals surface area contributed by atoms with Gasteiger partial charge in [0.1, 0.15) is 6.54 Å². The second-order valence-corrected chi connectivity index (χ2v) is 5.30. The van der Waals surface area contributed by atoms with Crippen LogP contribution in [-0.4, -0.2) is 22.2 Å². The highest BCUT2D eigenvalue weighted by Crippen LogP contribution is 2.27. The molecular weight excluding hydrogens is 252 g/mol. The monoisotopic (exact) mass is 270 g/mol. The summed E-state index contributed by atoms with van der Waals surface area (Å²) in [5.74, 6) is 0.707. The zero-order chi connectivity index (χ0) is 13.9. The normalized spacial score (nSPS) is 14.2. The number of carbonyl (C=O) groups excluding carboxylic acids is 1. The summed E-state index contributed by atoms with van der Waals surface area (Å²) < 4.78 is 1.65. The number of aromatic nitrogens is 2. The van der Waals surface area contributed by atoms with Crippen molar-refractivity contribution in [1.82, 2.24) is 15.1 Å². The van der Waals surface area contributed by atoms with E-state index in [1.807, 2.05) is 30.5 Å². The fraction of sp³-hybridized carbons (Fsp3) is 0.333. The van der Waals surface area contributed by atoms with Gasteiger partial charge in [-0.2, -0.15) is 5.10 Å². The Kier molecular flexibility index (Phi) is 3.41. The molecule has 20 heavy (non-hydrogen) atoms. The van der Waals surface area contributed by atoms with Gasteiger partial charge in [-0.05, 0) is 36.5 Å². The van der Waals surface area contributed by atoms with Crippen LogP contribution in [0.4, 0.5) is 5.69 Å². The van der Waals surface area contributed by atoms with Crippen molar-refractivity contribution in [3.8, 4) is 11.1 Å². The molecule has 5 heteroatoms. The summed E-state index contributed by atoms with van der Waals surface area (Å²) in [5.41, 5.74) is 8.46. The first-order chi connectivity index (χ1) is 9.70. The number of nitrogens with two attached hydrogens (primary N) is 1. The molecule has 3 N–H and O–H groups in total. The minimum absolute atomic E-state index is 0.0131. The molecule has 3 rings (SSSR count). The Bertz CT molecular complexity index is 616. The lowest BCUT2D eigenvalue weighted by Crippen LogP contribution is -2.29. The first-order valence-electron chi connectivity index (χ1n) is 6.86. The first-order valence-corrected chi connectivity index (χ1v) is 6.86. The molecule has 0 saturated heterocycles. The van der Waals surface area contributed by atoms with Crippen LogP contribution in [0.1, 0.15) is 12.8 Å². The lowest BCUT2D eigenvalue weighted by Gasteiger charge is -2.03. The maximum Gasteiger partial charge on any atom is 0.241 e. The molecule has 1 aliphatic rings. The summed E-state index contributed by atoms with van der Waals surface area (Å²) in [6, 6.07) is 7.63. The molecule has 0 radical (unpaired) electrons. The van der Waals surface area contributed by atoms with Gasteiger partial charge in [-0.15, -0.1) is 0 Å². The number of amides is 1. The fourth-order valence-electron chi connectivity index (χ4n) is 2.10. The van der Waals surface area contributed by atoms with Gasteiger partial charge >= 0.3 is 0 Å². The second kappa shape index (κ2) is 5.36. The molecule has 104 valence electrons. The summed E-state index contributed by atoms with van der Waals surface area (Å²) in [4.78, 5) is 11.8. The van der Waals surface area contributed by atoms with Crippen molar-refractivity contribution in [2.75, 3.05) is 12.3 Å². The van der Waals surface area contributed by atoms with E-state index in [1.165, 1.54) is 12.8 Å². The SMILES string of the molecule is Nc1cccc(-c2cnn(CC(=O)NCC3CC3)c2)c1. The van der Waals surface area contributed by atoms with E-state index in [0.717, 1.165) is 23.4 Å². The molecule has 0 spiro atoms. The van der Waals surface area contributed by atoms with Crippen LogP contribution >= 0.6 is 0 Å². The van der Waals surface area contributed by atoms with E-state index in [2.05, 4.69) is 10.4 Å². The van der Waals surface area contributed by atoms with Gasteiger partial charge in [0.15, 0.2) is 0 Å².